The van der Waals surface area contributed by atoms with Crippen molar-refractivity contribution in [1.29, 1.82) is 0 Å². The number of hydrogen-bond donors (Lipinski definition) is 1. The van der Waals surface area contributed by atoms with Gasteiger partial charge in [-0.25, -0.2) is 12.8 Å². The van der Waals surface area contributed by atoms with E-state index in [9.17, 15) is 17.6 Å². The van der Waals surface area contributed by atoms with Gasteiger partial charge in [-0.15, -0.1) is 0 Å². The van der Waals surface area contributed by atoms with Crippen LogP contribution in [0.2, 0.25) is 0 Å². The summed E-state index contributed by atoms with van der Waals surface area (Å²) in [6.07, 6.45) is 0. The Balaban J connectivity index is 1.70. The standard InChI is InChI=1S/C22H19FN2O5S/c1-29-15-8-9-18(20(12-15)30-2)24-22(26)13-25-19-10-7-14(23)11-17(19)16-5-3-4-6-21(16)31(25,27)28/h3-12H,13H2,1-2H3,(H,24,26). The van der Waals surface area contributed by atoms with Crippen molar-refractivity contribution in [2.75, 3.05) is 30.4 Å². The molecule has 160 valence electrons. The zero-order valence-corrected chi connectivity index (χ0v) is 17.6. The van der Waals surface area contributed by atoms with Crippen molar-refractivity contribution in [3.8, 4) is 22.6 Å². The van der Waals surface area contributed by atoms with E-state index in [-0.39, 0.29) is 10.6 Å². The first-order valence-corrected chi connectivity index (χ1v) is 10.7. The number of amides is 1. The van der Waals surface area contributed by atoms with Gasteiger partial charge in [0, 0.05) is 17.2 Å². The number of rotatable bonds is 5. The average Bonchev–Trinajstić information content (AvgIpc) is 2.77. The summed E-state index contributed by atoms with van der Waals surface area (Å²) in [7, 11) is -1.07. The second-order valence-corrected chi connectivity index (χ2v) is 8.61. The second-order valence-electron chi connectivity index (χ2n) is 6.78. The summed E-state index contributed by atoms with van der Waals surface area (Å²) in [5.41, 5.74) is 1.39. The van der Waals surface area contributed by atoms with Gasteiger partial charge in [-0.3, -0.25) is 9.10 Å². The fraction of sp³-hybridized carbons (Fsp3) is 0.136. The maximum atomic E-state index is 13.9. The maximum Gasteiger partial charge on any atom is 0.265 e. The Hall–Kier alpha value is -3.59. The number of hydrogen-bond acceptors (Lipinski definition) is 5. The van der Waals surface area contributed by atoms with Crippen LogP contribution in [-0.4, -0.2) is 35.1 Å². The van der Waals surface area contributed by atoms with E-state index in [0.717, 1.165) is 4.31 Å². The average molecular weight is 442 g/mol. The fourth-order valence-corrected chi connectivity index (χ4v) is 5.15. The smallest absolute Gasteiger partial charge is 0.265 e. The van der Waals surface area contributed by atoms with E-state index in [1.807, 2.05) is 0 Å². The lowest BCUT2D eigenvalue weighted by Gasteiger charge is -2.31. The molecule has 0 aromatic heterocycles. The number of fused-ring (bicyclic) bond motifs is 3. The number of methoxy groups -OCH3 is 2. The molecule has 0 saturated heterocycles. The van der Waals surface area contributed by atoms with E-state index in [2.05, 4.69) is 5.32 Å². The number of ether oxygens (including phenoxy) is 2. The lowest BCUT2D eigenvalue weighted by atomic mass is 10.0. The van der Waals surface area contributed by atoms with E-state index >= 15 is 0 Å². The molecule has 1 aliphatic heterocycles. The van der Waals surface area contributed by atoms with Crippen molar-refractivity contribution >= 4 is 27.3 Å². The molecule has 1 amide bonds. The highest BCUT2D eigenvalue weighted by Crippen LogP contribution is 2.43. The molecule has 9 heteroatoms. The van der Waals surface area contributed by atoms with E-state index in [4.69, 9.17) is 9.47 Å². The molecule has 3 aromatic rings. The van der Waals surface area contributed by atoms with E-state index in [1.165, 1.54) is 38.5 Å². The molecule has 0 atom stereocenters. The molecule has 0 unspecified atom stereocenters. The molecule has 1 N–H and O–H groups in total. The predicted octanol–water partition coefficient (Wildman–Crippen LogP) is 3.66. The first-order chi connectivity index (χ1) is 14.8. The Morgan fingerprint density at radius 3 is 2.52 bits per heavy atom. The van der Waals surface area contributed by atoms with Crippen molar-refractivity contribution in [1.82, 2.24) is 0 Å². The van der Waals surface area contributed by atoms with Crippen LogP contribution in [-0.2, 0) is 14.8 Å². The number of carbonyl (C=O) groups excluding carboxylic acids is 1. The lowest BCUT2D eigenvalue weighted by molar-refractivity contribution is -0.114. The second kappa shape index (κ2) is 7.92. The molecule has 1 heterocycles. The molecule has 0 bridgehead atoms. The minimum atomic E-state index is -4.02. The third kappa shape index (κ3) is 3.68. The summed E-state index contributed by atoms with van der Waals surface area (Å²) < 4.78 is 51.8. The van der Waals surface area contributed by atoms with Crippen molar-refractivity contribution < 1.29 is 27.1 Å². The largest absolute Gasteiger partial charge is 0.497 e. The summed E-state index contributed by atoms with van der Waals surface area (Å²) in [4.78, 5) is 12.8. The molecule has 0 saturated carbocycles. The molecule has 0 fully saturated rings. The Morgan fingerprint density at radius 2 is 1.77 bits per heavy atom. The number of carbonyl (C=O) groups is 1. The van der Waals surface area contributed by atoms with Gasteiger partial charge in [-0.2, -0.15) is 0 Å². The molecule has 1 aliphatic rings. The Bertz CT molecular complexity index is 1280. The van der Waals surface area contributed by atoms with E-state index in [1.54, 1.807) is 36.4 Å². The van der Waals surface area contributed by atoms with Gasteiger partial charge in [0.2, 0.25) is 5.91 Å². The minimum absolute atomic E-state index is 0.0166. The third-order valence-electron chi connectivity index (χ3n) is 4.94. The minimum Gasteiger partial charge on any atom is -0.497 e. The molecule has 0 spiro atoms. The zero-order chi connectivity index (χ0) is 22.2. The predicted molar refractivity (Wildman–Crippen MR) is 115 cm³/mol. The summed E-state index contributed by atoms with van der Waals surface area (Å²) in [6, 6.07) is 15.0. The van der Waals surface area contributed by atoms with Crippen molar-refractivity contribution in [3.63, 3.8) is 0 Å². The van der Waals surface area contributed by atoms with Gasteiger partial charge in [-0.05, 0) is 36.4 Å². The van der Waals surface area contributed by atoms with Crippen LogP contribution in [0.25, 0.3) is 11.1 Å². The van der Waals surface area contributed by atoms with Crippen molar-refractivity contribution in [2.24, 2.45) is 0 Å². The number of nitrogens with one attached hydrogen (secondary N) is 1. The SMILES string of the molecule is COc1ccc(NC(=O)CN2c3ccc(F)cc3-c3ccccc3S2(=O)=O)c(OC)c1. The van der Waals surface area contributed by atoms with E-state index in [0.29, 0.717) is 28.3 Å². The quantitative estimate of drug-likeness (QED) is 0.652. The van der Waals surface area contributed by atoms with Crippen molar-refractivity contribution in [3.05, 3.63) is 66.5 Å². The number of sulfonamides is 1. The van der Waals surface area contributed by atoms with Crippen LogP contribution in [0.3, 0.4) is 0 Å². The summed E-state index contributed by atoms with van der Waals surface area (Å²) in [5, 5.41) is 2.66. The number of nitrogens with zero attached hydrogens (tertiary/aromatic N) is 1. The normalized spacial score (nSPS) is 13.7. The Kier molecular flexibility index (Phi) is 5.28. The van der Waals surface area contributed by atoms with Crippen LogP contribution in [0.4, 0.5) is 15.8 Å². The van der Waals surface area contributed by atoms with Crippen LogP contribution in [0.1, 0.15) is 0 Å². The topological polar surface area (TPSA) is 84.9 Å². The molecular formula is C22H19FN2O5S. The van der Waals surface area contributed by atoms with Gasteiger partial charge in [0.15, 0.2) is 0 Å². The third-order valence-corrected chi connectivity index (χ3v) is 6.76. The van der Waals surface area contributed by atoms with Crippen LogP contribution in [0.5, 0.6) is 11.5 Å². The monoisotopic (exact) mass is 442 g/mol. The molecular weight excluding hydrogens is 423 g/mol. The first-order valence-electron chi connectivity index (χ1n) is 9.28. The van der Waals surface area contributed by atoms with Gasteiger partial charge in [0.1, 0.15) is 23.9 Å². The zero-order valence-electron chi connectivity index (χ0n) is 16.8. The molecule has 3 aromatic carbocycles. The number of anilines is 2. The molecule has 0 radical (unpaired) electrons. The van der Waals surface area contributed by atoms with Crippen molar-refractivity contribution in [2.45, 2.75) is 4.90 Å². The van der Waals surface area contributed by atoms with Crippen LogP contribution in [0, 0.1) is 5.82 Å². The molecule has 0 aliphatic carbocycles. The van der Waals surface area contributed by atoms with Gasteiger partial charge >= 0.3 is 0 Å². The summed E-state index contributed by atoms with van der Waals surface area (Å²) in [6.45, 7) is -0.496. The van der Waals surface area contributed by atoms with Gasteiger partial charge in [0.05, 0.1) is 30.5 Å². The number of benzene rings is 3. The molecule has 31 heavy (non-hydrogen) atoms. The van der Waals surface area contributed by atoms with Crippen LogP contribution in [0.15, 0.2) is 65.6 Å². The Labute approximate surface area is 179 Å². The van der Waals surface area contributed by atoms with Gasteiger partial charge in [0.25, 0.3) is 10.0 Å². The van der Waals surface area contributed by atoms with E-state index < -0.39 is 28.3 Å². The molecule has 4 rings (SSSR count). The highest BCUT2D eigenvalue weighted by Gasteiger charge is 2.36. The fourth-order valence-electron chi connectivity index (χ4n) is 3.50. The van der Waals surface area contributed by atoms with Gasteiger partial charge in [-0.1, -0.05) is 18.2 Å². The summed E-state index contributed by atoms with van der Waals surface area (Å²) >= 11 is 0. The number of halogens is 1. The maximum absolute atomic E-state index is 13.9. The molecule has 7 nitrogen and oxygen atoms in total. The van der Waals surface area contributed by atoms with Crippen LogP contribution < -0.4 is 19.1 Å². The van der Waals surface area contributed by atoms with Crippen LogP contribution >= 0.6 is 0 Å². The Morgan fingerprint density at radius 1 is 1.00 bits per heavy atom. The summed E-state index contributed by atoms with van der Waals surface area (Å²) in [5.74, 6) is -0.176. The first kappa shape index (κ1) is 20.7. The van der Waals surface area contributed by atoms with Gasteiger partial charge < -0.3 is 14.8 Å². The highest BCUT2D eigenvalue weighted by molar-refractivity contribution is 7.93. The lowest BCUT2D eigenvalue weighted by Crippen LogP contribution is -2.40. The highest BCUT2D eigenvalue weighted by atomic mass is 32.2.